The van der Waals surface area contributed by atoms with Crippen molar-refractivity contribution in [2.24, 2.45) is 4.99 Å². The third-order valence-electron chi connectivity index (χ3n) is 4.42. The molecular formula is C24H18ClNO4. The molecule has 0 bridgehead atoms. The summed E-state index contributed by atoms with van der Waals surface area (Å²) in [5, 5.41) is 0.656. The van der Waals surface area contributed by atoms with E-state index in [1.807, 2.05) is 60.7 Å². The summed E-state index contributed by atoms with van der Waals surface area (Å²) in [6, 6.07) is 22.2. The molecule has 3 aromatic carbocycles. The molecule has 4 rings (SSSR count). The van der Waals surface area contributed by atoms with Gasteiger partial charge < -0.3 is 14.2 Å². The fourth-order valence-corrected chi connectivity index (χ4v) is 3.17. The minimum atomic E-state index is -0.492. The average Bonchev–Trinajstić information content (AvgIpc) is 3.13. The summed E-state index contributed by atoms with van der Waals surface area (Å²) in [5.41, 5.74) is 2.67. The first-order valence-electron chi connectivity index (χ1n) is 9.25. The molecule has 0 fully saturated rings. The van der Waals surface area contributed by atoms with E-state index in [0.717, 1.165) is 16.7 Å². The molecule has 0 spiro atoms. The maximum absolute atomic E-state index is 12.2. The van der Waals surface area contributed by atoms with Gasteiger partial charge in [-0.3, -0.25) is 0 Å². The van der Waals surface area contributed by atoms with Gasteiger partial charge in [0, 0.05) is 10.6 Å². The van der Waals surface area contributed by atoms with Crippen molar-refractivity contribution in [1.29, 1.82) is 0 Å². The second-order valence-electron chi connectivity index (χ2n) is 6.53. The van der Waals surface area contributed by atoms with E-state index in [9.17, 15) is 4.79 Å². The zero-order valence-electron chi connectivity index (χ0n) is 16.2. The molecule has 0 aliphatic carbocycles. The largest absolute Gasteiger partial charge is 0.493 e. The van der Waals surface area contributed by atoms with Gasteiger partial charge in [-0.1, -0.05) is 48.0 Å². The lowest BCUT2D eigenvalue weighted by Crippen LogP contribution is -2.04. The summed E-state index contributed by atoms with van der Waals surface area (Å²) in [5.74, 6) is 0.932. The van der Waals surface area contributed by atoms with Crippen LogP contribution in [-0.2, 0) is 16.1 Å². The first-order valence-corrected chi connectivity index (χ1v) is 9.63. The standard InChI is InChI=1S/C24H18ClNO4/c1-28-22-14-16(10-11-21(22)29-15-17-6-5-9-19(25)12-17)13-20-24(27)30-23(26-20)18-7-3-2-4-8-18/h2-14H,15H2,1H3/b20-13-. The number of aliphatic imine (C=N–C) groups is 1. The smallest absolute Gasteiger partial charge is 0.363 e. The van der Waals surface area contributed by atoms with E-state index in [1.165, 1.54) is 0 Å². The first kappa shape index (κ1) is 19.7. The van der Waals surface area contributed by atoms with Crippen molar-refractivity contribution >= 4 is 29.5 Å². The number of nitrogens with zero attached hydrogens (tertiary/aromatic N) is 1. The molecule has 0 amide bonds. The Kier molecular flexibility index (Phi) is 5.82. The van der Waals surface area contributed by atoms with Crippen molar-refractivity contribution in [3.63, 3.8) is 0 Å². The molecule has 1 heterocycles. The molecule has 0 unspecified atom stereocenters. The second kappa shape index (κ2) is 8.84. The first-order chi connectivity index (χ1) is 14.6. The Morgan fingerprint density at radius 1 is 1.00 bits per heavy atom. The zero-order valence-corrected chi connectivity index (χ0v) is 16.9. The van der Waals surface area contributed by atoms with Crippen LogP contribution in [0.25, 0.3) is 6.08 Å². The van der Waals surface area contributed by atoms with Gasteiger partial charge in [-0.15, -0.1) is 0 Å². The number of cyclic esters (lactones) is 1. The number of carbonyl (C=O) groups excluding carboxylic acids is 1. The second-order valence-corrected chi connectivity index (χ2v) is 6.97. The Morgan fingerprint density at radius 2 is 1.83 bits per heavy atom. The lowest BCUT2D eigenvalue weighted by Gasteiger charge is -2.11. The molecule has 150 valence electrons. The van der Waals surface area contributed by atoms with Crippen LogP contribution in [0.3, 0.4) is 0 Å². The van der Waals surface area contributed by atoms with Gasteiger partial charge in [0.2, 0.25) is 5.90 Å². The highest BCUT2D eigenvalue weighted by atomic mass is 35.5. The number of halogens is 1. The molecule has 0 N–H and O–H groups in total. The lowest BCUT2D eigenvalue weighted by atomic mass is 10.1. The molecule has 0 saturated carbocycles. The number of carbonyl (C=O) groups is 1. The van der Waals surface area contributed by atoms with E-state index in [0.29, 0.717) is 29.0 Å². The molecule has 0 atom stereocenters. The van der Waals surface area contributed by atoms with Crippen LogP contribution < -0.4 is 9.47 Å². The van der Waals surface area contributed by atoms with Gasteiger partial charge in [0.15, 0.2) is 17.2 Å². The van der Waals surface area contributed by atoms with Crippen LogP contribution in [0.15, 0.2) is 83.5 Å². The van der Waals surface area contributed by atoms with E-state index >= 15 is 0 Å². The Labute approximate surface area is 179 Å². The Hall–Kier alpha value is -3.57. The minimum absolute atomic E-state index is 0.225. The van der Waals surface area contributed by atoms with Crippen LogP contribution in [0.1, 0.15) is 16.7 Å². The molecule has 3 aromatic rings. The highest BCUT2D eigenvalue weighted by molar-refractivity contribution is 6.30. The predicted molar refractivity (Wildman–Crippen MR) is 116 cm³/mol. The summed E-state index contributed by atoms with van der Waals surface area (Å²) in [6.45, 7) is 0.356. The summed E-state index contributed by atoms with van der Waals surface area (Å²) in [7, 11) is 1.56. The topological polar surface area (TPSA) is 57.1 Å². The van der Waals surface area contributed by atoms with Gasteiger partial charge >= 0.3 is 5.97 Å². The SMILES string of the molecule is COc1cc(/C=C2\N=C(c3ccccc3)OC2=O)ccc1OCc1cccc(Cl)c1. The normalized spacial score (nSPS) is 14.4. The molecule has 1 aliphatic heterocycles. The monoisotopic (exact) mass is 419 g/mol. The zero-order chi connectivity index (χ0) is 20.9. The van der Waals surface area contributed by atoms with Crippen molar-refractivity contribution < 1.29 is 19.0 Å². The van der Waals surface area contributed by atoms with Crippen molar-refractivity contribution in [1.82, 2.24) is 0 Å². The van der Waals surface area contributed by atoms with Gasteiger partial charge in [0.05, 0.1) is 7.11 Å². The van der Waals surface area contributed by atoms with Crippen molar-refractivity contribution in [3.8, 4) is 11.5 Å². The summed E-state index contributed by atoms with van der Waals surface area (Å²) < 4.78 is 16.6. The van der Waals surface area contributed by atoms with Crippen molar-refractivity contribution in [2.75, 3.05) is 7.11 Å². The van der Waals surface area contributed by atoms with Crippen LogP contribution >= 0.6 is 11.6 Å². The Morgan fingerprint density at radius 3 is 2.60 bits per heavy atom. The molecule has 0 aromatic heterocycles. The van der Waals surface area contributed by atoms with Crippen LogP contribution in [-0.4, -0.2) is 19.0 Å². The molecule has 0 radical (unpaired) electrons. The quantitative estimate of drug-likeness (QED) is 0.403. The molecule has 1 aliphatic rings. The number of benzene rings is 3. The summed E-state index contributed by atoms with van der Waals surface area (Å²) in [4.78, 5) is 16.5. The van der Waals surface area contributed by atoms with E-state index in [2.05, 4.69) is 4.99 Å². The number of methoxy groups -OCH3 is 1. The van der Waals surface area contributed by atoms with Crippen LogP contribution in [0.2, 0.25) is 5.02 Å². The van der Waals surface area contributed by atoms with Crippen LogP contribution in [0.5, 0.6) is 11.5 Å². The number of rotatable bonds is 6. The van der Waals surface area contributed by atoms with E-state index in [-0.39, 0.29) is 5.70 Å². The number of ether oxygens (including phenoxy) is 3. The summed E-state index contributed by atoms with van der Waals surface area (Å²) in [6.07, 6.45) is 1.65. The van der Waals surface area contributed by atoms with Crippen molar-refractivity contribution in [2.45, 2.75) is 6.61 Å². The molecule has 30 heavy (non-hydrogen) atoms. The average molecular weight is 420 g/mol. The highest BCUT2D eigenvalue weighted by Gasteiger charge is 2.24. The molecule has 5 nitrogen and oxygen atoms in total. The van der Waals surface area contributed by atoms with Gasteiger partial charge in [0.25, 0.3) is 0 Å². The van der Waals surface area contributed by atoms with Gasteiger partial charge in [-0.25, -0.2) is 9.79 Å². The van der Waals surface area contributed by atoms with E-state index in [1.54, 1.807) is 25.3 Å². The lowest BCUT2D eigenvalue weighted by molar-refractivity contribution is -0.129. The maximum atomic E-state index is 12.2. The summed E-state index contributed by atoms with van der Waals surface area (Å²) >= 11 is 6.01. The Bertz CT molecular complexity index is 1140. The van der Waals surface area contributed by atoms with Crippen LogP contribution in [0, 0.1) is 0 Å². The Balaban J connectivity index is 1.54. The fraction of sp³-hybridized carbons (Fsp3) is 0.0833. The van der Waals surface area contributed by atoms with E-state index < -0.39 is 5.97 Å². The fourth-order valence-electron chi connectivity index (χ4n) is 2.95. The highest BCUT2D eigenvalue weighted by Crippen LogP contribution is 2.30. The van der Waals surface area contributed by atoms with Crippen LogP contribution in [0.4, 0.5) is 0 Å². The molecule has 0 saturated heterocycles. The third-order valence-corrected chi connectivity index (χ3v) is 4.65. The number of esters is 1. The minimum Gasteiger partial charge on any atom is -0.493 e. The van der Waals surface area contributed by atoms with Gasteiger partial charge in [0.1, 0.15) is 6.61 Å². The number of hydrogen-bond acceptors (Lipinski definition) is 5. The maximum Gasteiger partial charge on any atom is 0.363 e. The number of hydrogen-bond donors (Lipinski definition) is 0. The van der Waals surface area contributed by atoms with Crippen molar-refractivity contribution in [3.05, 3.63) is 100 Å². The van der Waals surface area contributed by atoms with E-state index in [4.69, 9.17) is 25.8 Å². The van der Waals surface area contributed by atoms with Gasteiger partial charge in [-0.2, -0.15) is 0 Å². The van der Waals surface area contributed by atoms with Gasteiger partial charge in [-0.05, 0) is 53.6 Å². The predicted octanol–water partition coefficient (Wildman–Crippen LogP) is 5.27. The molecular weight excluding hydrogens is 402 g/mol. The molecule has 6 heteroatoms. The third kappa shape index (κ3) is 4.53.